The first-order chi connectivity index (χ1) is 13.9. The molecule has 146 valence electrons. The fourth-order valence-corrected chi connectivity index (χ4v) is 4.32. The average molecular weight is 404 g/mol. The van der Waals surface area contributed by atoms with Crippen LogP contribution in [0, 0.1) is 12.3 Å². The maximum Gasteiger partial charge on any atom is 0.221 e. The van der Waals surface area contributed by atoms with Crippen molar-refractivity contribution in [2.24, 2.45) is 0 Å². The standard InChI is InChI=1S/C22H20N4O2S/c1-13-20(15-6-4-3-5-7-15)25-22(29-13)19-18(28)12-26(21(19)23)17-10-8-16(9-11-17)24-14(2)27/h3-11,23,28H,12H2,1-2H3,(H,24,27). The predicted molar refractivity (Wildman–Crippen MR) is 118 cm³/mol. The first kappa shape index (κ1) is 18.9. The number of nitrogens with one attached hydrogen (secondary N) is 2. The molecule has 29 heavy (non-hydrogen) atoms. The molecule has 6 nitrogen and oxygen atoms in total. The number of rotatable bonds is 4. The maximum atomic E-state index is 11.2. The molecule has 0 bridgehead atoms. The lowest BCUT2D eigenvalue weighted by molar-refractivity contribution is -0.114. The van der Waals surface area contributed by atoms with Gasteiger partial charge in [-0.3, -0.25) is 10.2 Å². The Bertz CT molecular complexity index is 1120. The number of nitrogens with zero attached hydrogens (tertiary/aromatic N) is 2. The highest BCUT2D eigenvalue weighted by molar-refractivity contribution is 7.13. The fourth-order valence-electron chi connectivity index (χ4n) is 3.32. The van der Waals surface area contributed by atoms with Crippen molar-refractivity contribution in [3.05, 3.63) is 70.2 Å². The van der Waals surface area contributed by atoms with Gasteiger partial charge in [0.25, 0.3) is 0 Å². The second kappa shape index (κ2) is 7.52. The molecule has 0 unspecified atom stereocenters. The molecule has 0 atom stereocenters. The summed E-state index contributed by atoms with van der Waals surface area (Å²) in [6.45, 7) is 3.67. The van der Waals surface area contributed by atoms with E-state index < -0.39 is 0 Å². The molecule has 0 fully saturated rings. The summed E-state index contributed by atoms with van der Waals surface area (Å²) in [4.78, 5) is 18.7. The van der Waals surface area contributed by atoms with Crippen molar-refractivity contribution in [1.29, 1.82) is 5.41 Å². The van der Waals surface area contributed by atoms with Gasteiger partial charge < -0.3 is 15.3 Å². The molecular weight excluding hydrogens is 384 g/mol. The first-order valence-electron chi connectivity index (χ1n) is 9.13. The number of amides is 1. The molecule has 1 aliphatic rings. The number of aromatic nitrogens is 1. The lowest BCUT2D eigenvalue weighted by Crippen LogP contribution is -2.26. The van der Waals surface area contributed by atoms with Crippen LogP contribution in [0.1, 0.15) is 16.8 Å². The zero-order valence-electron chi connectivity index (χ0n) is 16.1. The van der Waals surface area contributed by atoms with Gasteiger partial charge in [-0.2, -0.15) is 0 Å². The lowest BCUT2D eigenvalue weighted by atomic mass is 10.1. The number of hydrogen-bond donors (Lipinski definition) is 3. The minimum atomic E-state index is -0.137. The Morgan fingerprint density at radius 2 is 1.86 bits per heavy atom. The van der Waals surface area contributed by atoms with E-state index in [1.807, 2.05) is 49.4 Å². The summed E-state index contributed by atoms with van der Waals surface area (Å²) in [5.41, 5.74) is 3.81. The molecule has 0 aliphatic carbocycles. The van der Waals surface area contributed by atoms with Crippen LogP contribution < -0.4 is 10.2 Å². The number of anilines is 2. The van der Waals surface area contributed by atoms with Crippen molar-refractivity contribution in [2.75, 3.05) is 16.8 Å². The second-order valence-corrected chi connectivity index (χ2v) is 7.98. The van der Waals surface area contributed by atoms with E-state index >= 15 is 0 Å². The Kier molecular flexibility index (Phi) is 4.90. The van der Waals surface area contributed by atoms with Crippen LogP contribution in [0.5, 0.6) is 0 Å². The highest BCUT2D eigenvalue weighted by atomic mass is 32.1. The highest BCUT2D eigenvalue weighted by Crippen LogP contribution is 2.36. The van der Waals surface area contributed by atoms with Crippen LogP contribution in [0.15, 0.2) is 60.4 Å². The van der Waals surface area contributed by atoms with E-state index in [1.54, 1.807) is 17.0 Å². The molecule has 0 radical (unpaired) electrons. The molecule has 0 saturated heterocycles. The number of hydrogen-bond acceptors (Lipinski definition) is 5. The molecule has 2 heterocycles. The second-order valence-electron chi connectivity index (χ2n) is 6.77. The molecule has 0 saturated carbocycles. The number of carbonyl (C=O) groups excluding carboxylic acids is 1. The van der Waals surface area contributed by atoms with Crippen LogP contribution in [-0.2, 0) is 4.79 Å². The quantitative estimate of drug-likeness (QED) is 0.580. The van der Waals surface area contributed by atoms with Gasteiger partial charge in [0.05, 0.1) is 17.8 Å². The summed E-state index contributed by atoms with van der Waals surface area (Å²) in [5, 5.41) is 22.6. The van der Waals surface area contributed by atoms with Crippen LogP contribution in [0.2, 0.25) is 0 Å². The van der Waals surface area contributed by atoms with Gasteiger partial charge in [0.15, 0.2) is 0 Å². The summed E-state index contributed by atoms with van der Waals surface area (Å²) >= 11 is 1.48. The van der Waals surface area contributed by atoms with Crippen LogP contribution in [0.4, 0.5) is 11.4 Å². The lowest BCUT2D eigenvalue weighted by Gasteiger charge is -2.19. The highest BCUT2D eigenvalue weighted by Gasteiger charge is 2.31. The van der Waals surface area contributed by atoms with E-state index in [1.165, 1.54) is 18.3 Å². The average Bonchev–Trinajstić information content (AvgIpc) is 3.21. The van der Waals surface area contributed by atoms with Crippen LogP contribution in [0.3, 0.4) is 0 Å². The van der Waals surface area contributed by atoms with Gasteiger partial charge in [-0.15, -0.1) is 11.3 Å². The predicted octanol–water partition coefficient (Wildman–Crippen LogP) is 4.84. The van der Waals surface area contributed by atoms with E-state index in [-0.39, 0.29) is 24.0 Å². The maximum absolute atomic E-state index is 11.2. The van der Waals surface area contributed by atoms with E-state index in [0.29, 0.717) is 16.3 Å². The third-order valence-electron chi connectivity index (χ3n) is 4.66. The van der Waals surface area contributed by atoms with Gasteiger partial charge in [-0.25, -0.2) is 4.98 Å². The third kappa shape index (κ3) is 3.64. The summed E-state index contributed by atoms with van der Waals surface area (Å²) in [6, 6.07) is 17.1. The van der Waals surface area contributed by atoms with Crippen molar-refractivity contribution in [1.82, 2.24) is 4.98 Å². The number of aryl methyl sites for hydroxylation is 1. The first-order valence-corrected chi connectivity index (χ1v) is 9.95. The van der Waals surface area contributed by atoms with Crippen LogP contribution >= 0.6 is 11.3 Å². The number of benzene rings is 2. The van der Waals surface area contributed by atoms with E-state index in [2.05, 4.69) is 5.32 Å². The fraction of sp³-hybridized carbons (Fsp3) is 0.136. The number of aliphatic hydroxyl groups is 1. The molecule has 1 aliphatic heterocycles. The monoisotopic (exact) mass is 404 g/mol. The van der Waals surface area contributed by atoms with Gasteiger partial charge in [-0.1, -0.05) is 30.3 Å². The number of thiazole rings is 1. The van der Waals surface area contributed by atoms with Gasteiger partial charge in [0.2, 0.25) is 5.91 Å². The SMILES string of the molecule is CC(=O)Nc1ccc(N2CC(O)=C(c3nc(-c4ccccc4)c(C)s3)C2=N)cc1. The minimum absolute atomic E-state index is 0.134. The Morgan fingerprint density at radius 1 is 1.17 bits per heavy atom. The zero-order chi connectivity index (χ0) is 20.5. The summed E-state index contributed by atoms with van der Waals surface area (Å²) in [6.07, 6.45) is 0. The Hall–Kier alpha value is -3.45. The molecule has 4 rings (SSSR count). The van der Waals surface area contributed by atoms with Crippen LogP contribution in [0.25, 0.3) is 16.8 Å². The largest absolute Gasteiger partial charge is 0.510 e. The van der Waals surface area contributed by atoms with Crippen molar-refractivity contribution in [3.8, 4) is 11.3 Å². The van der Waals surface area contributed by atoms with Gasteiger partial charge in [0, 0.05) is 28.7 Å². The Balaban J connectivity index is 1.61. The summed E-state index contributed by atoms with van der Waals surface area (Å²) in [7, 11) is 0. The number of aliphatic hydroxyl groups excluding tert-OH is 1. The minimum Gasteiger partial charge on any atom is -0.510 e. The molecule has 7 heteroatoms. The normalized spacial score (nSPS) is 13.9. The third-order valence-corrected chi connectivity index (χ3v) is 5.65. The Morgan fingerprint density at radius 3 is 2.52 bits per heavy atom. The summed E-state index contributed by atoms with van der Waals surface area (Å²) < 4.78 is 0. The van der Waals surface area contributed by atoms with E-state index in [9.17, 15) is 9.90 Å². The molecular formula is C22H20N4O2S. The molecule has 1 aromatic heterocycles. The van der Waals surface area contributed by atoms with Crippen molar-refractivity contribution >= 4 is 40.0 Å². The molecule has 1 amide bonds. The van der Waals surface area contributed by atoms with Crippen molar-refractivity contribution < 1.29 is 9.90 Å². The molecule has 3 aromatic rings. The van der Waals surface area contributed by atoms with Gasteiger partial charge in [0.1, 0.15) is 16.6 Å². The Labute approximate surface area is 172 Å². The van der Waals surface area contributed by atoms with Crippen molar-refractivity contribution in [3.63, 3.8) is 0 Å². The van der Waals surface area contributed by atoms with Crippen LogP contribution in [-0.4, -0.2) is 28.4 Å². The molecule has 3 N–H and O–H groups in total. The van der Waals surface area contributed by atoms with Crippen molar-refractivity contribution in [2.45, 2.75) is 13.8 Å². The van der Waals surface area contributed by atoms with Gasteiger partial charge >= 0.3 is 0 Å². The molecule has 0 spiro atoms. The smallest absolute Gasteiger partial charge is 0.221 e. The van der Waals surface area contributed by atoms with Gasteiger partial charge in [-0.05, 0) is 31.2 Å². The topological polar surface area (TPSA) is 89.3 Å². The van der Waals surface area contributed by atoms with E-state index in [0.717, 1.165) is 21.8 Å². The number of amidine groups is 1. The zero-order valence-corrected chi connectivity index (χ0v) is 16.9. The summed E-state index contributed by atoms with van der Waals surface area (Å²) in [5.74, 6) is 0.207. The van der Waals surface area contributed by atoms with E-state index in [4.69, 9.17) is 10.4 Å². The molecule has 2 aromatic carbocycles. The number of carbonyl (C=O) groups is 1.